The largest absolute Gasteiger partial charge is 0.497 e. The van der Waals surface area contributed by atoms with Crippen molar-refractivity contribution in [2.24, 2.45) is 0 Å². The lowest BCUT2D eigenvalue weighted by Crippen LogP contribution is -2.21. The van der Waals surface area contributed by atoms with Gasteiger partial charge in [-0.15, -0.1) is 0 Å². The molecule has 17 heteroatoms. The van der Waals surface area contributed by atoms with Gasteiger partial charge in [0.25, 0.3) is 0 Å². The number of nitrogens with one attached hydrogen (secondary N) is 2. The molecule has 43 heavy (non-hydrogen) atoms. The number of aliphatic carboxylic acids is 2. The highest BCUT2D eigenvalue weighted by Gasteiger charge is 2.38. The molecule has 0 radical (unpaired) electrons. The Morgan fingerprint density at radius 3 is 2.12 bits per heavy atom. The van der Waals surface area contributed by atoms with Gasteiger partial charge in [-0.1, -0.05) is 12.1 Å². The van der Waals surface area contributed by atoms with Crippen LogP contribution in [0.3, 0.4) is 0 Å². The summed E-state index contributed by atoms with van der Waals surface area (Å²) in [6.07, 6.45) is -8.41. The molecule has 0 aliphatic rings. The predicted molar refractivity (Wildman–Crippen MR) is 145 cm³/mol. The molecule has 0 bridgehead atoms. The first kappa shape index (κ1) is 34.8. The van der Waals surface area contributed by atoms with E-state index in [2.05, 4.69) is 42.3 Å². The number of aromatic amines is 1. The summed E-state index contributed by atoms with van der Waals surface area (Å²) in [7, 11) is 1.68. The third-order valence-corrected chi connectivity index (χ3v) is 5.36. The molecule has 2 aromatic heterocycles. The summed E-state index contributed by atoms with van der Waals surface area (Å²) < 4.78 is 75.4. The Bertz CT molecular complexity index is 1470. The molecule has 0 saturated heterocycles. The Morgan fingerprint density at radius 1 is 0.953 bits per heavy atom. The number of fused-ring (bicyclic) bond motifs is 1. The number of alkyl halides is 6. The molecule has 0 aliphatic heterocycles. The Morgan fingerprint density at radius 2 is 1.56 bits per heavy atom. The molecular formula is C26H23BrF6N4O6. The molecule has 0 atom stereocenters. The molecule has 0 saturated carbocycles. The monoisotopic (exact) mass is 680 g/mol. The van der Waals surface area contributed by atoms with Gasteiger partial charge >= 0.3 is 24.3 Å². The van der Waals surface area contributed by atoms with E-state index in [1.807, 2.05) is 48.5 Å². The van der Waals surface area contributed by atoms with Crippen molar-refractivity contribution in [2.45, 2.75) is 18.9 Å². The zero-order valence-corrected chi connectivity index (χ0v) is 23.5. The molecule has 4 rings (SSSR count). The van der Waals surface area contributed by atoms with Crippen LogP contribution in [0.15, 0.2) is 65.3 Å². The van der Waals surface area contributed by atoms with Crippen LogP contribution in [0.5, 0.6) is 11.5 Å². The van der Waals surface area contributed by atoms with Gasteiger partial charge in [-0.25, -0.2) is 19.6 Å². The average Bonchev–Trinajstić information content (AvgIpc) is 3.36. The van der Waals surface area contributed by atoms with E-state index in [1.165, 1.54) is 5.56 Å². The lowest BCUT2D eigenvalue weighted by Gasteiger charge is -2.09. The molecule has 0 spiro atoms. The van der Waals surface area contributed by atoms with E-state index in [-0.39, 0.29) is 0 Å². The summed E-state index contributed by atoms with van der Waals surface area (Å²) in [5.41, 5.74) is 3.77. The van der Waals surface area contributed by atoms with Gasteiger partial charge < -0.3 is 30.0 Å². The van der Waals surface area contributed by atoms with Gasteiger partial charge in [0.2, 0.25) is 0 Å². The Balaban J connectivity index is 0.000000384. The summed E-state index contributed by atoms with van der Waals surface area (Å²) in [5.74, 6) is -3.03. The van der Waals surface area contributed by atoms with Crippen LogP contribution in [-0.2, 0) is 16.1 Å². The number of rotatable bonds is 8. The zero-order valence-electron chi connectivity index (χ0n) is 22.0. The van der Waals surface area contributed by atoms with Crippen LogP contribution < -0.4 is 14.8 Å². The molecule has 4 aromatic rings. The van der Waals surface area contributed by atoms with Crippen LogP contribution in [0.25, 0.3) is 22.6 Å². The maximum Gasteiger partial charge on any atom is 0.490 e. The molecule has 4 N–H and O–H groups in total. The average molecular weight is 681 g/mol. The van der Waals surface area contributed by atoms with Gasteiger partial charge in [-0.2, -0.15) is 26.3 Å². The molecule has 0 fully saturated rings. The van der Waals surface area contributed by atoms with Crippen LogP contribution in [0, 0.1) is 0 Å². The number of hydrogen-bond donors (Lipinski definition) is 4. The number of carboxylic acids is 2. The number of H-pyrrole nitrogens is 1. The van der Waals surface area contributed by atoms with Crippen molar-refractivity contribution in [1.82, 2.24) is 20.3 Å². The molecule has 2 aromatic carbocycles. The summed E-state index contributed by atoms with van der Waals surface area (Å²) in [6.45, 7) is 2.12. The fraction of sp³-hybridized carbons (Fsp3) is 0.231. The lowest BCUT2D eigenvalue weighted by atomic mass is 10.2. The fourth-order valence-electron chi connectivity index (χ4n) is 2.97. The third kappa shape index (κ3) is 12.2. The Hall–Kier alpha value is -4.38. The van der Waals surface area contributed by atoms with Crippen molar-refractivity contribution in [2.75, 3.05) is 20.3 Å². The normalized spacial score (nSPS) is 11.1. The van der Waals surface area contributed by atoms with E-state index in [0.717, 1.165) is 51.6 Å². The second kappa shape index (κ2) is 15.7. The van der Waals surface area contributed by atoms with Gasteiger partial charge in [0.05, 0.1) is 7.11 Å². The number of methoxy groups -OCH3 is 1. The van der Waals surface area contributed by atoms with Crippen molar-refractivity contribution < 1.29 is 55.6 Å². The lowest BCUT2D eigenvalue weighted by molar-refractivity contribution is -0.193. The van der Waals surface area contributed by atoms with E-state index in [0.29, 0.717) is 6.61 Å². The van der Waals surface area contributed by atoms with Crippen molar-refractivity contribution in [3.8, 4) is 22.9 Å². The van der Waals surface area contributed by atoms with Crippen molar-refractivity contribution in [3.63, 3.8) is 0 Å². The predicted octanol–water partition coefficient (Wildman–Crippen LogP) is 5.83. The van der Waals surface area contributed by atoms with Crippen LogP contribution in [0.4, 0.5) is 26.3 Å². The summed E-state index contributed by atoms with van der Waals surface area (Å²) in [4.78, 5) is 30.0. The number of nitrogens with zero attached hydrogens (tertiary/aromatic N) is 2. The molecular weight excluding hydrogens is 658 g/mol. The minimum absolute atomic E-state index is 0.589. The first-order valence-corrected chi connectivity index (χ1v) is 12.6. The number of imidazole rings is 1. The van der Waals surface area contributed by atoms with Crippen LogP contribution in [0.2, 0.25) is 0 Å². The quantitative estimate of drug-likeness (QED) is 0.133. The van der Waals surface area contributed by atoms with Gasteiger partial charge in [-0.05, 0) is 64.0 Å². The second-order valence-electron chi connectivity index (χ2n) is 8.11. The zero-order chi connectivity index (χ0) is 32.2. The van der Waals surface area contributed by atoms with Crippen molar-refractivity contribution in [1.29, 1.82) is 0 Å². The first-order valence-electron chi connectivity index (χ1n) is 11.8. The number of ether oxygens (including phenoxy) is 2. The molecule has 2 heterocycles. The third-order valence-electron chi connectivity index (χ3n) is 4.93. The van der Waals surface area contributed by atoms with Crippen LogP contribution in [0.1, 0.15) is 5.56 Å². The van der Waals surface area contributed by atoms with E-state index >= 15 is 0 Å². The van der Waals surface area contributed by atoms with Crippen LogP contribution >= 0.6 is 15.9 Å². The minimum atomic E-state index is -5.08. The van der Waals surface area contributed by atoms with Gasteiger partial charge in [0.1, 0.15) is 29.4 Å². The number of hydrogen-bond acceptors (Lipinski definition) is 7. The fourth-order valence-corrected chi connectivity index (χ4v) is 3.29. The molecule has 0 amide bonds. The van der Waals surface area contributed by atoms with Crippen LogP contribution in [-0.4, -0.2) is 69.7 Å². The number of benzene rings is 2. The number of carboxylic acid groups (broad SMARTS) is 2. The number of pyridine rings is 1. The highest BCUT2D eigenvalue weighted by atomic mass is 79.9. The SMILES string of the molecule is COc1cccc(CNCCOc2ccc(-c3nc4cc(Br)cnc4[nH]3)cc2)c1.O=C(O)C(F)(F)F.O=C(O)C(F)(F)F. The van der Waals surface area contributed by atoms with E-state index in [4.69, 9.17) is 29.3 Å². The molecule has 232 valence electrons. The standard InChI is InChI=1S/C22H21BrN4O2.2C2HF3O2/c1-28-19-4-2-3-15(11-19)13-24-9-10-29-18-7-5-16(6-8-18)21-26-20-12-17(23)14-25-22(20)27-21;2*3-2(4,5)1(6)7/h2-8,11-12,14,24H,9-10,13H2,1H3,(H,25,26,27);2*(H,6,7). The van der Waals surface area contributed by atoms with E-state index in [9.17, 15) is 26.3 Å². The topological polar surface area (TPSA) is 147 Å². The summed E-state index contributed by atoms with van der Waals surface area (Å²) in [5, 5.41) is 17.6. The maximum atomic E-state index is 10.6. The molecule has 10 nitrogen and oxygen atoms in total. The molecule has 0 aliphatic carbocycles. The van der Waals surface area contributed by atoms with Gasteiger partial charge in [0.15, 0.2) is 5.65 Å². The smallest absolute Gasteiger partial charge is 0.490 e. The van der Waals surface area contributed by atoms with Crippen molar-refractivity contribution in [3.05, 3.63) is 70.8 Å². The number of aromatic nitrogens is 3. The summed E-state index contributed by atoms with van der Waals surface area (Å²) in [6, 6.07) is 17.9. The number of carbonyl (C=O) groups is 2. The minimum Gasteiger partial charge on any atom is -0.497 e. The summed E-state index contributed by atoms with van der Waals surface area (Å²) >= 11 is 3.42. The van der Waals surface area contributed by atoms with E-state index < -0.39 is 24.3 Å². The highest BCUT2D eigenvalue weighted by Crippen LogP contribution is 2.23. The first-order chi connectivity index (χ1) is 20.1. The Kier molecular flexibility index (Phi) is 12.7. The van der Waals surface area contributed by atoms with Gasteiger partial charge in [-0.3, -0.25) is 0 Å². The highest BCUT2D eigenvalue weighted by molar-refractivity contribution is 9.10. The second-order valence-corrected chi connectivity index (χ2v) is 9.03. The van der Waals surface area contributed by atoms with Gasteiger partial charge in [0, 0.05) is 29.3 Å². The van der Waals surface area contributed by atoms with E-state index in [1.54, 1.807) is 13.3 Å². The number of halogens is 7. The maximum absolute atomic E-state index is 10.6. The molecule has 0 unspecified atom stereocenters. The Labute approximate surface area is 247 Å². The van der Waals surface area contributed by atoms with Crippen molar-refractivity contribution >= 4 is 39.0 Å².